The van der Waals surface area contributed by atoms with E-state index in [2.05, 4.69) is 15.4 Å². The average molecular weight is 531 g/mol. The third kappa shape index (κ3) is 5.14. The average Bonchev–Trinajstić information content (AvgIpc) is 3.23. The number of halogens is 1. The molecule has 2 aliphatic rings. The molecule has 0 radical (unpaired) electrons. The summed E-state index contributed by atoms with van der Waals surface area (Å²) in [7, 11) is -3.64. The highest BCUT2D eigenvalue weighted by Gasteiger charge is 2.33. The molecule has 0 spiro atoms. The standard InChI is InChI=1S/C25H27ClN4O3S2/c1-17-6-5-9-25(27-17)30(34-24-8-4-3-7-21(24)26)19-12-14-29(15-13-19)35(31,32)20-10-11-22-23(16-20)33-18(2)28-22/h5-11,16,19H,3-4,12-15H2,1-2H3. The molecule has 1 aliphatic carbocycles. The van der Waals surface area contributed by atoms with Crippen LogP contribution < -0.4 is 4.31 Å². The molecule has 5 rings (SSSR count). The molecule has 1 aliphatic heterocycles. The minimum atomic E-state index is -3.64. The molecular formula is C25H27ClN4O3S2. The third-order valence-electron chi connectivity index (χ3n) is 6.21. The first-order chi connectivity index (χ1) is 16.8. The predicted molar refractivity (Wildman–Crippen MR) is 141 cm³/mol. The first kappa shape index (κ1) is 24.4. The molecule has 35 heavy (non-hydrogen) atoms. The van der Waals surface area contributed by atoms with Crippen LogP contribution in [0.5, 0.6) is 0 Å². The molecule has 0 N–H and O–H groups in total. The largest absolute Gasteiger partial charge is 0.441 e. The number of fused-ring (bicyclic) bond motifs is 1. The van der Waals surface area contributed by atoms with Gasteiger partial charge in [0.05, 0.1) is 9.93 Å². The molecule has 1 fully saturated rings. The van der Waals surface area contributed by atoms with Crippen molar-refractivity contribution in [3.63, 3.8) is 0 Å². The van der Waals surface area contributed by atoms with Crippen LogP contribution in [0.3, 0.4) is 0 Å². The van der Waals surface area contributed by atoms with Crippen LogP contribution in [0.2, 0.25) is 0 Å². The summed E-state index contributed by atoms with van der Waals surface area (Å²) in [5.74, 6) is 1.37. The number of rotatable bonds is 6. The number of pyridine rings is 1. The van der Waals surface area contributed by atoms with Gasteiger partial charge in [-0.1, -0.05) is 29.8 Å². The number of hydrogen-bond acceptors (Lipinski definition) is 7. The second kappa shape index (κ2) is 9.97. The van der Waals surface area contributed by atoms with E-state index in [1.165, 1.54) is 0 Å². The number of hydrogen-bond donors (Lipinski definition) is 0. The van der Waals surface area contributed by atoms with Gasteiger partial charge in [0.25, 0.3) is 0 Å². The van der Waals surface area contributed by atoms with Gasteiger partial charge >= 0.3 is 0 Å². The van der Waals surface area contributed by atoms with Crippen molar-refractivity contribution in [1.29, 1.82) is 0 Å². The van der Waals surface area contributed by atoms with Gasteiger partial charge in [0.1, 0.15) is 11.3 Å². The zero-order chi connectivity index (χ0) is 24.6. The Hall–Kier alpha value is -2.33. The summed E-state index contributed by atoms with van der Waals surface area (Å²) in [6, 6.07) is 11.0. The van der Waals surface area contributed by atoms with E-state index < -0.39 is 10.0 Å². The predicted octanol–water partition coefficient (Wildman–Crippen LogP) is 5.95. The SMILES string of the molecule is Cc1cccc(N(SC2=CCCC=C2Cl)C2CCN(S(=O)(=O)c3ccc4nc(C)oc4c3)CC2)n1. The van der Waals surface area contributed by atoms with Crippen LogP contribution in [0.1, 0.15) is 37.3 Å². The van der Waals surface area contributed by atoms with E-state index in [4.69, 9.17) is 21.0 Å². The second-order valence-corrected chi connectivity index (χ2v) is 12.1. The number of sulfonamides is 1. The van der Waals surface area contributed by atoms with Crippen LogP contribution in [0.4, 0.5) is 5.82 Å². The molecule has 7 nitrogen and oxygen atoms in total. The fourth-order valence-electron chi connectivity index (χ4n) is 4.42. The molecule has 1 aromatic carbocycles. The Labute approximate surface area is 215 Å². The van der Waals surface area contributed by atoms with Gasteiger partial charge in [0, 0.05) is 42.7 Å². The van der Waals surface area contributed by atoms with Crippen LogP contribution in [-0.4, -0.2) is 41.8 Å². The number of anilines is 1. The summed E-state index contributed by atoms with van der Waals surface area (Å²) in [6.07, 6.45) is 7.48. The van der Waals surface area contributed by atoms with E-state index in [1.807, 2.05) is 31.2 Å². The molecule has 0 unspecified atom stereocenters. The number of benzene rings is 1. The van der Waals surface area contributed by atoms with E-state index in [9.17, 15) is 8.42 Å². The van der Waals surface area contributed by atoms with Crippen molar-refractivity contribution >= 4 is 50.5 Å². The summed E-state index contributed by atoms with van der Waals surface area (Å²) < 4.78 is 36.1. The van der Waals surface area contributed by atoms with Gasteiger partial charge < -0.3 is 4.42 Å². The Morgan fingerprint density at radius 1 is 1.09 bits per heavy atom. The quantitative estimate of drug-likeness (QED) is 0.364. The van der Waals surface area contributed by atoms with Gasteiger partial charge in [0.15, 0.2) is 11.5 Å². The summed E-state index contributed by atoms with van der Waals surface area (Å²) >= 11 is 8.10. The molecule has 0 saturated carbocycles. The lowest BCUT2D eigenvalue weighted by Crippen LogP contribution is -2.45. The van der Waals surface area contributed by atoms with Crippen LogP contribution in [0.15, 0.2) is 67.8 Å². The number of aryl methyl sites for hydroxylation is 2. The van der Waals surface area contributed by atoms with Crippen molar-refractivity contribution in [3.05, 3.63) is 70.1 Å². The number of nitrogens with zero attached hydrogens (tertiary/aromatic N) is 4. The Morgan fingerprint density at radius 2 is 1.86 bits per heavy atom. The molecule has 1 saturated heterocycles. The number of aromatic nitrogens is 2. The molecule has 10 heteroatoms. The molecule has 184 valence electrons. The summed E-state index contributed by atoms with van der Waals surface area (Å²) in [4.78, 5) is 10.3. The van der Waals surface area contributed by atoms with Gasteiger partial charge in [-0.3, -0.25) is 4.31 Å². The molecule has 0 amide bonds. The maximum absolute atomic E-state index is 13.4. The highest BCUT2D eigenvalue weighted by atomic mass is 35.5. The van der Waals surface area contributed by atoms with Gasteiger partial charge in [-0.15, -0.1) is 0 Å². The maximum atomic E-state index is 13.4. The number of allylic oxidation sites excluding steroid dienone is 3. The lowest BCUT2D eigenvalue weighted by Gasteiger charge is -2.38. The van der Waals surface area contributed by atoms with Crippen molar-refractivity contribution in [3.8, 4) is 0 Å². The fourth-order valence-corrected chi connectivity index (χ4v) is 7.32. The number of piperidine rings is 1. The van der Waals surface area contributed by atoms with Gasteiger partial charge in [-0.25, -0.2) is 18.4 Å². The van der Waals surface area contributed by atoms with Crippen molar-refractivity contribution in [2.24, 2.45) is 0 Å². The van der Waals surface area contributed by atoms with Gasteiger partial charge in [-0.2, -0.15) is 4.31 Å². The van der Waals surface area contributed by atoms with Crippen LogP contribution in [0, 0.1) is 13.8 Å². The normalized spacial score (nSPS) is 17.9. The highest BCUT2D eigenvalue weighted by molar-refractivity contribution is 8.04. The minimum absolute atomic E-state index is 0.118. The van der Waals surface area contributed by atoms with E-state index in [0.717, 1.165) is 34.3 Å². The van der Waals surface area contributed by atoms with Crippen molar-refractivity contribution in [2.45, 2.75) is 50.5 Å². The molecule has 2 aromatic heterocycles. The Kier molecular flexibility index (Phi) is 6.94. The minimum Gasteiger partial charge on any atom is -0.441 e. The van der Waals surface area contributed by atoms with E-state index in [-0.39, 0.29) is 10.9 Å². The summed E-state index contributed by atoms with van der Waals surface area (Å²) in [5, 5.41) is 0.761. The Morgan fingerprint density at radius 3 is 2.60 bits per heavy atom. The summed E-state index contributed by atoms with van der Waals surface area (Å²) in [5.41, 5.74) is 2.07. The lowest BCUT2D eigenvalue weighted by molar-refractivity contribution is 0.322. The van der Waals surface area contributed by atoms with Crippen LogP contribution in [-0.2, 0) is 10.0 Å². The lowest BCUT2D eigenvalue weighted by atomic mass is 10.1. The van der Waals surface area contributed by atoms with E-state index in [0.29, 0.717) is 42.9 Å². The molecule has 3 aromatic rings. The Balaban J connectivity index is 1.35. The fraction of sp³-hybridized carbons (Fsp3) is 0.360. The zero-order valence-electron chi connectivity index (χ0n) is 19.6. The highest BCUT2D eigenvalue weighted by Crippen LogP contribution is 2.39. The smallest absolute Gasteiger partial charge is 0.243 e. The maximum Gasteiger partial charge on any atom is 0.243 e. The monoisotopic (exact) mass is 530 g/mol. The van der Waals surface area contributed by atoms with Crippen molar-refractivity contribution in [2.75, 3.05) is 17.4 Å². The van der Waals surface area contributed by atoms with E-state index in [1.54, 1.807) is 41.4 Å². The summed E-state index contributed by atoms with van der Waals surface area (Å²) in [6.45, 7) is 4.57. The van der Waals surface area contributed by atoms with Crippen molar-refractivity contribution in [1.82, 2.24) is 14.3 Å². The molecule has 0 atom stereocenters. The molecule has 3 heterocycles. The first-order valence-electron chi connectivity index (χ1n) is 11.7. The van der Waals surface area contributed by atoms with Crippen LogP contribution in [0.25, 0.3) is 11.1 Å². The Bertz CT molecular complexity index is 1410. The molecular weight excluding hydrogens is 504 g/mol. The number of oxazole rings is 1. The second-order valence-electron chi connectivity index (χ2n) is 8.75. The molecule has 0 bridgehead atoms. The zero-order valence-corrected chi connectivity index (χ0v) is 22.0. The van der Waals surface area contributed by atoms with Gasteiger partial charge in [0.2, 0.25) is 10.0 Å². The third-order valence-corrected chi connectivity index (χ3v) is 9.84. The first-order valence-corrected chi connectivity index (χ1v) is 14.2. The van der Waals surface area contributed by atoms with Crippen molar-refractivity contribution < 1.29 is 12.8 Å². The van der Waals surface area contributed by atoms with Gasteiger partial charge in [-0.05, 0) is 68.8 Å². The van der Waals surface area contributed by atoms with E-state index >= 15 is 0 Å². The van der Waals surface area contributed by atoms with Crippen LogP contribution >= 0.6 is 23.5 Å². The topological polar surface area (TPSA) is 79.5 Å².